The largest absolute Gasteiger partial charge is 0.355 e. The van der Waals surface area contributed by atoms with E-state index in [0.717, 1.165) is 31.5 Å². The van der Waals surface area contributed by atoms with Gasteiger partial charge < -0.3 is 20.4 Å². The van der Waals surface area contributed by atoms with Gasteiger partial charge in [0.15, 0.2) is 5.96 Å². The summed E-state index contributed by atoms with van der Waals surface area (Å²) in [5.74, 6) is 1.82. The Morgan fingerprint density at radius 2 is 1.90 bits per heavy atom. The van der Waals surface area contributed by atoms with E-state index in [1.165, 1.54) is 45.2 Å². The molecule has 2 N–H and O–H groups in total. The summed E-state index contributed by atoms with van der Waals surface area (Å²) in [6.07, 6.45) is 6.88. The average molecular weight is 295 g/mol. The van der Waals surface area contributed by atoms with E-state index in [0.29, 0.717) is 6.04 Å². The molecule has 1 saturated heterocycles. The standard InChI is InChI=1S/C16H33N5/c1-17-16(18-9-12-21-10-5-4-6-11-21)19-13-15(20(2)3)14-7-8-14/h14-15H,4-13H2,1-3H3,(H2,17,18,19). The van der Waals surface area contributed by atoms with Gasteiger partial charge >= 0.3 is 0 Å². The van der Waals surface area contributed by atoms with Crippen molar-refractivity contribution in [3.05, 3.63) is 0 Å². The number of likely N-dealkylation sites (tertiary alicyclic amines) is 1. The van der Waals surface area contributed by atoms with Crippen LogP contribution >= 0.6 is 0 Å². The maximum atomic E-state index is 4.34. The van der Waals surface area contributed by atoms with Crippen LogP contribution in [0.3, 0.4) is 0 Å². The van der Waals surface area contributed by atoms with Crippen molar-refractivity contribution in [3.63, 3.8) is 0 Å². The molecule has 1 aliphatic carbocycles. The zero-order valence-electron chi connectivity index (χ0n) is 14.1. The Labute approximate surface area is 130 Å². The quantitative estimate of drug-likeness (QED) is 0.543. The number of guanidine groups is 1. The van der Waals surface area contributed by atoms with Crippen LogP contribution in [0.15, 0.2) is 4.99 Å². The van der Waals surface area contributed by atoms with E-state index in [2.05, 4.69) is 39.5 Å². The molecule has 2 aliphatic rings. The van der Waals surface area contributed by atoms with E-state index in [-0.39, 0.29) is 0 Å². The van der Waals surface area contributed by atoms with E-state index >= 15 is 0 Å². The van der Waals surface area contributed by atoms with E-state index in [1.54, 1.807) is 0 Å². The highest BCUT2D eigenvalue weighted by molar-refractivity contribution is 5.79. The first-order chi connectivity index (χ1) is 10.2. The fourth-order valence-electron chi connectivity index (χ4n) is 3.19. The molecule has 1 aliphatic heterocycles. The summed E-state index contributed by atoms with van der Waals surface area (Å²) in [7, 11) is 6.21. The molecule has 0 radical (unpaired) electrons. The number of nitrogens with one attached hydrogen (secondary N) is 2. The van der Waals surface area contributed by atoms with Gasteiger partial charge in [0.05, 0.1) is 0 Å². The highest BCUT2D eigenvalue weighted by Crippen LogP contribution is 2.34. The van der Waals surface area contributed by atoms with E-state index < -0.39 is 0 Å². The molecule has 2 fully saturated rings. The predicted octanol–water partition coefficient (Wildman–Crippen LogP) is 0.978. The first-order valence-corrected chi connectivity index (χ1v) is 8.54. The molecule has 0 aromatic carbocycles. The number of nitrogens with zero attached hydrogens (tertiary/aromatic N) is 3. The van der Waals surface area contributed by atoms with Gasteiger partial charge in [0, 0.05) is 32.7 Å². The number of aliphatic imine (C=N–C) groups is 1. The first kappa shape index (κ1) is 16.6. The molecule has 0 bridgehead atoms. The minimum Gasteiger partial charge on any atom is -0.355 e. The lowest BCUT2D eigenvalue weighted by Crippen LogP contribution is -2.47. The minimum absolute atomic E-state index is 0.630. The molecule has 0 spiro atoms. The van der Waals surface area contributed by atoms with Crippen molar-refractivity contribution < 1.29 is 0 Å². The Morgan fingerprint density at radius 1 is 1.19 bits per heavy atom. The monoisotopic (exact) mass is 295 g/mol. The van der Waals surface area contributed by atoms with Gasteiger partial charge in [0.2, 0.25) is 0 Å². The fourth-order valence-corrected chi connectivity index (χ4v) is 3.19. The van der Waals surface area contributed by atoms with Gasteiger partial charge in [-0.15, -0.1) is 0 Å². The summed E-state index contributed by atoms with van der Waals surface area (Å²) in [6, 6.07) is 0.630. The van der Waals surface area contributed by atoms with Crippen LogP contribution < -0.4 is 10.6 Å². The third kappa shape index (κ3) is 5.83. The zero-order valence-corrected chi connectivity index (χ0v) is 14.1. The molecule has 0 aromatic rings. The van der Waals surface area contributed by atoms with Gasteiger partial charge in [-0.2, -0.15) is 0 Å². The summed E-state index contributed by atoms with van der Waals surface area (Å²) in [6.45, 7) is 5.62. The summed E-state index contributed by atoms with van der Waals surface area (Å²) >= 11 is 0. The maximum absolute atomic E-state index is 4.34. The molecule has 1 atom stereocenters. The first-order valence-electron chi connectivity index (χ1n) is 8.54. The van der Waals surface area contributed by atoms with Crippen LogP contribution in [0.2, 0.25) is 0 Å². The van der Waals surface area contributed by atoms with Crippen LogP contribution in [0.4, 0.5) is 0 Å². The zero-order chi connectivity index (χ0) is 15.1. The van der Waals surface area contributed by atoms with Crippen LogP contribution in [-0.2, 0) is 0 Å². The third-order valence-corrected chi connectivity index (χ3v) is 4.70. The molecule has 5 nitrogen and oxygen atoms in total. The molecule has 1 unspecified atom stereocenters. The number of piperidine rings is 1. The van der Waals surface area contributed by atoms with Gasteiger partial charge in [-0.1, -0.05) is 6.42 Å². The Kier molecular flexibility index (Phi) is 6.77. The maximum Gasteiger partial charge on any atom is 0.191 e. The topological polar surface area (TPSA) is 42.9 Å². The molecule has 21 heavy (non-hydrogen) atoms. The lowest BCUT2D eigenvalue weighted by molar-refractivity contribution is 0.232. The van der Waals surface area contributed by atoms with E-state index in [4.69, 9.17) is 0 Å². The van der Waals surface area contributed by atoms with Crippen molar-refractivity contribution >= 4 is 5.96 Å². The predicted molar refractivity (Wildman–Crippen MR) is 89.9 cm³/mol. The molecule has 5 heteroatoms. The molecule has 1 heterocycles. The van der Waals surface area contributed by atoms with Crippen molar-refractivity contribution in [3.8, 4) is 0 Å². The smallest absolute Gasteiger partial charge is 0.191 e. The van der Waals surface area contributed by atoms with Gasteiger partial charge in [0.25, 0.3) is 0 Å². The van der Waals surface area contributed by atoms with Crippen LogP contribution in [0, 0.1) is 5.92 Å². The van der Waals surface area contributed by atoms with Crippen LogP contribution in [0.25, 0.3) is 0 Å². The van der Waals surface area contributed by atoms with E-state index in [9.17, 15) is 0 Å². The number of hydrogen-bond acceptors (Lipinski definition) is 3. The average Bonchev–Trinajstić information content (AvgIpc) is 3.31. The lowest BCUT2D eigenvalue weighted by atomic mass is 10.1. The molecule has 1 saturated carbocycles. The lowest BCUT2D eigenvalue weighted by Gasteiger charge is -2.27. The SMILES string of the molecule is CN=C(NCCN1CCCCC1)NCC(C1CC1)N(C)C. The Morgan fingerprint density at radius 3 is 2.48 bits per heavy atom. The van der Waals surface area contributed by atoms with Crippen molar-refractivity contribution in [1.29, 1.82) is 0 Å². The molecule has 122 valence electrons. The van der Waals surface area contributed by atoms with Crippen molar-refractivity contribution in [1.82, 2.24) is 20.4 Å². The molecule has 0 aromatic heterocycles. The second kappa shape index (κ2) is 8.59. The highest BCUT2D eigenvalue weighted by Gasteiger charge is 2.32. The van der Waals surface area contributed by atoms with Gasteiger partial charge in [-0.3, -0.25) is 4.99 Å². The van der Waals surface area contributed by atoms with Crippen molar-refractivity contribution in [2.24, 2.45) is 10.9 Å². The second-order valence-electron chi connectivity index (χ2n) is 6.65. The van der Waals surface area contributed by atoms with Gasteiger partial charge in [0.1, 0.15) is 0 Å². The Balaban J connectivity index is 1.63. The number of likely N-dealkylation sites (N-methyl/N-ethyl adjacent to an activating group) is 1. The van der Waals surface area contributed by atoms with E-state index in [1.807, 2.05) is 7.05 Å². The summed E-state index contributed by atoms with van der Waals surface area (Å²) < 4.78 is 0. The van der Waals surface area contributed by atoms with Gasteiger partial charge in [-0.25, -0.2) is 0 Å². The summed E-state index contributed by atoms with van der Waals surface area (Å²) in [4.78, 5) is 9.23. The van der Waals surface area contributed by atoms with Crippen LogP contribution in [0.5, 0.6) is 0 Å². The van der Waals surface area contributed by atoms with Crippen LogP contribution in [0.1, 0.15) is 32.1 Å². The third-order valence-electron chi connectivity index (χ3n) is 4.70. The fraction of sp³-hybridized carbons (Fsp3) is 0.938. The van der Waals surface area contributed by atoms with Gasteiger partial charge in [-0.05, 0) is 58.8 Å². The second-order valence-corrected chi connectivity index (χ2v) is 6.65. The normalized spacial score (nSPS) is 22.4. The van der Waals surface area contributed by atoms with Crippen molar-refractivity contribution in [2.75, 3.05) is 53.9 Å². The number of rotatable bonds is 7. The molecule has 2 rings (SSSR count). The minimum atomic E-state index is 0.630. The number of hydrogen-bond donors (Lipinski definition) is 2. The molecule has 0 amide bonds. The molecular formula is C16H33N5. The molecular weight excluding hydrogens is 262 g/mol. The van der Waals surface area contributed by atoms with Crippen LogP contribution in [-0.4, -0.2) is 75.7 Å². The Bertz CT molecular complexity index is 317. The van der Waals surface area contributed by atoms with Crippen molar-refractivity contribution in [2.45, 2.75) is 38.1 Å². The Hall–Kier alpha value is -0.810. The highest BCUT2D eigenvalue weighted by atomic mass is 15.2. The summed E-state index contributed by atoms with van der Waals surface area (Å²) in [5, 5.41) is 6.94. The summed E-state index contributed by atoms with van der Waals surface area (Å²) in [5.41, 5.74) is 0.